The third-order valence-electron chi connectivity index (χ3n) is 5.40. The lowest BCUT2D eigenvalue weighted by Crippen LogP contribution is -2.31. The molecule has 1 atom stereocenters. The van der Waals surface area contributed by atoms with Gasteiger partial charge in [0, 0.05) is 11.3 Å². The summed E-state index contributed by atoms with van der Waals surface area (Å²) in [6.07, 6.45) is -0.246. The second-order valence-electron chi connectivity index (χ2n) is 8.43. The number of nitrogens with zero attached hydrogens (tertiary/aromatic N) is 3. The smallest absolute Gasteiger partial charge is 0.338 e. The molecule has 1 aromatic heterocycles. The lowest BCUT2D eigenvalue weighted by molar-refractivity contribution is -0.143. The van der Waals surface area contributed by atoms with E-state index in [1.807, 2.05) is 45.0 Å². The quantitative estimate of drug-likeness (QED) is 0.337. The molecule has 1 unspecified atom stereocenters. The molecule has 0 bridgehead atoms. The van der Waals surface area contributed by atoms with Gasteiger partial charge < -0.3 is 14.8 Å². The predicted molar refractivity (Wildman–Crippen MR) is 134 cm³/mol. The lowest BCUT2D eigenvalue weighted by Gasteiger charge is -2.29. The molecule has 1 aliphatic heterocycles. The molecule has 8 heteroatoms. The zero-order chi connectivity index (χ0) is 24.2. The number of anilines is 1. The first-order valence-electron chi connectivity index (χ1n) is 11.4. The topological polar surface area (TPSA) is 78.3 Å². The first-order chi connectivity index (χ1) is 16.4. The molecular formula is C26H30N4O3S. The summed E-state index contributed by atoms with van der Waals surface area (Å²) in [5, 5.41) is 8.61. The number of esters is 1. The molecule has 0 fully saturated rings. The minimum absolute atomic E-state index is 0.246. The van der Waals surface area contributed by atoms with Gasteiger partial charge in [-0.25, -0.2) is 9.48 Å². The molecule has 0 saturated heterocycles. The number of rotatable bonds is 8. The average Bonchev–Trinajstić information content (AvgIpc) is 3.19. The molecule has 4 rings (SSSR count). The Morgan fingerprint density at radius 3 is 2.59 bits per heavy atom. The summed E-state index contributed by atoms with van der Waals surface area (Å²) < 4.78 is 13.6. The number of nitrogens with one attached hydrogen (secondary N) is 1. The van der Waals surface area contributed by atoms with Gasteiger partial charge in [0.1, 0.15) is 18.4 Å². The van der Waals surface area contributed by atoms with E-state index in [1.165, 1.54) is 5.56 Å². The minimum Gasteiger partial charge on any atom is -0.489 e. The standard InChI is InChI=1S/C26H30N4O3S/c1-6-34-26-28-25-27-18(5)22(24(31)33-16(2)3)23(30(25)29-26)20-9-7-8-10-21(20)32-15-19-13-11-17(4)12-14-19/h7-14,16,23H,6,15H2,1-5H3,(H,27,28,29). The molecule has 178 valence electrons. The Morgan fingerprint density at radius 1 is 1.15 bits per heavy atom. The van der Waals surface area contributed by atoms with Crippen molar-refractivity contribution >= 4 is 23.7 Å². The second-order valence-corrected chi connectivity index (χ2v) is 9.66. The van der Waals surface area contributed by atoms with E-state index >= 15 is 0 Å². The molecule has 0 amide bonds. The highest BCUT2D eigenvalue weighted by Gasteiger charge is 2.37. The number of thioether (sulfide) groups is 1. The van der Waals surface area contributed by atoms with E-state index in [2.05, 4.69) is 48.4 Å². The van der Waals surface area contributed by atoms with Crippen LogP contribution in [0.3, 0.4) is 0 Å². The zero-order valence-corrected chi connectivity index (χ0v) is 21.0. The van der Waals surface area contributed by atoms with E-state index in [4.69, 9.17) is 14.6 Å². The highest BCUT2D eigenvalue weighted by atomic mass is 32.2. The summed E-state index contributed by atoms with van der Waals surface area (Å²) in [5.74, 6) is 1.74. The number of aryl methyl sites for hydroxylation is 1. The highest BCUT2D eigenvalue weighted by Crippen LogP contribution is 2.40. The van der Waals surface area contributed by atoms with E-state index in [-0.39, 0.29) is 12.1 Å². The molecular weight excluding hydrogens is 448 g/mol. The van der Waals surface area contributed by atoms with Crippen LogP contribution in [0, 0.1) is 6.92 Å². The fourth-order valence-corrected chi connectivity index (χ4v) is 4.39. The van der Waals surface area contributed by atoms with Crippen LogP contribution in [-0.4, -0.2) is 32.6 Å². The maximum Gasteiger partial charge on any atom is 0.338 e. The van der Waals surface area contributed by atoms with Crippen LogP contribution in [0.5, 0.6) is 5.75 Å². The normalized spacial score (nSPS) is 15.2. The maximum absolute atomic E-state index is 13.2. The molecule has 1 N–H and O–H groups in total. The van der Waals surface area contributed by atoms with E-state index in [0.717, 1.165) is 16.9 Å². The molecule has 1 aliphatic rings. The minimum atomic E-state index is -0.532. The Bertz CT molecular complexity index is 1200. The summed E-state index contributed by atoms with van der Waals surface area (Å²) in [6, 6.07) is 15.5. The van der Waals surface area contributed by atoms with Gasteiger partial charge in [0.05, 0.1) is 11.7 Å². The fraction of sp³-hybridized carbons (Fsp3) is 0.346. The second kappa shape index (κ2) is 10.3. The lowest BCUT2D eigenvalue weighted by atomic mass is 9.95. The Hall–Kier alpha value is -3.26. The predicted octanol–water partition coefficient (Wildman–Crippen LogP) is 5.52. The molecule has 2 heterocycles. The average molecular weight is 479 g/mol. The van der Waals surface area contributed by atoms with E-state index in [0.29, 0.717) is 34.7 Å². The van der Waals surface area contributed by atoms with Crippen molar-refractivity contribution in [3.63, 3.8) is 0 Å². The molecule has 2 aromatic carbocycles. The van der Waals surface area contributed by atoms with Crippen LogP contribution < -0.4 is 10.1 Å². The first-order valence-corrected chi connectivity index (χ1v) is 12.4. The van der Waals surface area contributed by atoms with Crippen molar-refractivity contribution in [2.45, 2.75) is 58.5 Å². The first kappa shape index (κ1) is 23.9. The van der Waals surface area contributed by atoms with Crippen LogP contribution >= 0.6 is 11.8 Å². The molecule has 0 spiro atoms. The number of aromatic nitrogens is 3. The Labute approximate surface area is 204 Å². The van der Waals surface area contributed by atoms with Crippen LogP contribution in [0.2, 0.25) is 0 Å². The summed E-state index contributed by atoms with van der Waals surface area (Å²) in [5.41, 5.74) is 4.28. The molecule has 0 aliphatic carbocycles. The van der Waals surface area contributed by atoms with Gasteiger partial charge in [0.2, 0.25) is 11.1 Å². The van der Waals surface area contributed by atoms with Crippen molar-refractivity contribution in [1.82, 2.24) is 14.8 Å². The molecule has 34 heavy (non-hydrogen) atoms. The SMILES string of the molecule is CCSc1nc2n(n1)C(c1ccccc1OCc1ccc(C)cc1)C(C(=O)OC(C)C)=C(C)N2. The molecule has 7 nitrogen and oxygen atoms in total. The van der Waals surface area contributed by atoms with Crippen molar-refractivity contribution in [3.8, 4) is 5.75 Å². The summed E-state index contributed by atoms with van der Waals surface area (Å²) in [6.45, 7) is 10.1. The number of hydrogen-bond acceptors (Lipinski definition) is 7. The van der Waals surface area contributed by atoms with Crippen LogP contribution in [0.1, 0.15) is 50.4 Å². The number of fused-ring (bicyclic) bond motifs is 1. The summed E-state index contributed by atoms with van der Waals surface area (Å²) in [4.78, 5) is 17.9. The van der Waals surface area contributed by atoms with E-state index < -0.39 is 6.04 Å². The van der Waals surface area contributed by atoms with Crippen LogP contribution in [0.4, 0.5) is 5.95 Å². The van der Waals surface area contributed by atoms with Crippen LogP contribution in [-0.2, 0) is 16.1 Å². The van der Waals surface area contributed by atoms with Crippen molar-refractivity contribution < 1.29 is 14.3 Å². The van der Waals surface area contributed by atoms with Gasteiger partial charge in [0.15, 0.2) is 0 Å². The van der Waals surface area contributed by atoms with Gasteiger partial charge >= 0.3 is 5.97 Å². The van der Waals surface area contributed by atoms with Crippen molar-refractivity contribution in [2.24, 2.45) is 0 Å². The third-order valence-corrected chi connectivity index (χ3v) is 6.12. The molecule has 3 aromatic rings. The highest BCUT2D eigenvalue weighted by molar-refractivity contribution is 7.99. The van der Waals surface area contributed by atoms with Crippen molar-refractivity contribution in [3.05, 3.63) is 76.5 Å². The van der Waals surface area contributed by atoms with E-state index in [9.17, 15) is 4.79 Å². The number of benzene rings is 2. The number of para-hydroxylation sites is 1. The zero-order valence-electron chi connectivity index (χ0n) is 20.2. The van der Waals surface area contributed by atoms with Gasteiger partial charge in [-0.15, -0.1) is 5.10 Å². The molecule has 0 radical (unpaired) electrons. The van der Waals surface area contributed by atoms with Crippen molar-refractivity contribution in [1.29, 1.82) is 0 Å². The fourth-order valence-electron chi connectivity index (χ4n) is 3.83. The Balaban J connectivity index is 1.76. The van der Waals surface area contributed by atoms with Crippen LogP contribution in [0.15, 0.2) is 65.0 Å². The number of carbonyl (C=O) groups excluding carboxylic acids is 1. The largest absolute Gasteiger partial charge is 0.489 e. The van der Waals surface area contributed by atoms with E-state index in [1.54, 1.807) is 16.4 Å². The number of allylic oxidation sites excluding steroid dienone is 1. The summed E-state index contributed by atoms with van der Waals surface area (Å²) >= 11 is 1.55. The monoisotopic (exact) mass is 478 g/mol. The number of ether oxygens (including phenoxy) is 2. The van der Waals surface area contributed by atoms with Gasteiger partial charge in [-0.3, -0.25) is 0 Å². The molecule has 0 saturated carbocycles. The van der Waals surface area contributed by atoms with Gasteiger partial charge in [-0.1, -0.05) is 66.7 Å². The van der Waals surface area contributed by atoms with Gasteiger partial charge in [-0.2, -0.15) is 4.98 Å². The Morgan fingerprint density at radius 2 is 1.88 bits per heavy atom. The van der Waals surface area contributed by atoms with Gasteiger partial charge in [0.25, 0.3) is 0 Å². The van der Waals surface area contributed by atoms with Crippen molar-refractivity contribution in [2.75, 3.05) is 11.1 Å². The number of carbonyl (C=O) groups is 1. The third kappa shape index (κ3) is 5.12. The summed E-state index contributed by atoms with van der Waals surface area (Å²) in [7, 11) is 0. The number of hydrogen-bond donors (Lipinski definition) is 1. The van der Waals surface area contributed by atoms with Gasteiger partial charge in [-0.05, 0) is 45.1 Å². The van der Waals surface area contributed by atoms with Crippen LogP contribution in [0.25, 0.3) is 0 Å². The maximum atomic E-state index is 13.2. The Kier molecular flexibility index (Phi) is 7.26.